The molecule has 0 saturated carbocycles. The number of nitrogens with two attached hydrogens (primary N) is 1. The molecule has 3 aromatic carbocycles. The van der Waals surface area contributed by atoms with Crippen molar-refractivity contribution in [2.24, 2.45) is 10.8 Å². The van der Waals surface area contributed by atoms with Gasteiger partial charge in [-0.2, -0.15) is 5.10 Å². The zero-order valence-corrected chi connectivity index (χ0v) is 17.4. The van der Waals surface area contributed by atoms with Crippen LogP contribution in [-0.4, -0.2) is 23.9 Å². The van der Waals surface area contributed by atoms with E-state index in [1.807, 2.05) is 37.3 Å². The summed E-state index contributed by atoms with van der Waals surface area (Å²) in [6.45, 7) is 2.46. The third kappa shape index (κ3) is 6.53. The normalized spacial score (nSPS) is 10.5. The highest BCUT2D eigenvalue weighted by Gasteiger charge is 2.13. The van der Waals surface area contributed by atoms with Crippen molar-refractivity contribution >= 4 is 29.6 Å². The number of hydrogen-bond donors (Lipinski definition) is 3. The molecule has 0 spiro atoms. The van der Waals surface area contributed by atoms with Crippen molar-refractivity contribution in [3.63, 3.8) is 0 Å². The predicted octanol–water partition coefficient (Wildman–Crippen LogP) is 2.76. The second-order valence-electron chi connectivity index (χ2n) is 6.94. The van der Waals surface area contributed by atoms with Gasteiger partial charge in [0.2, 0.25) is 5.91 Å². The summed E-state index contributed by atoms with van der Waals surface area (Å²) in [6.07, 6.45) is 1.41. The highest BCUT2D eigenvalue weighted by atomic mass is 16.5. The van der Waals surface area contributed by atoms with Gasteiger partial charge in [0.05, 0.1) is 6.21 Å². The Hall–Kier alpha value is -4.46. The average Bonchev–Trinajstić information content (AvgIpc) is 2.79. The maximum Gasteiger partial charge on any atom is 0.329 e. The molecule has 0 saturated heterocycles. The van der Waals surface area contributed by atoms with Crippen molar-refractivity contribution in [1.82, 2.24) is 5.43 Å². The Morgan fingerprint density at radius 1 is 0.969 bits per heavy atom. The lowest BCUT2D eigenvalue weighted by Gasteiger charge is -2.07. The number of nitrogens with zero attached hydrogens (tertiary/aromatic N) is 1. The smallest absolute Gasteiger partial charge is 0.329 e. The molecule has 4 N–H and O–H groups in total. The van der Waals surface area contributed by atoms with Crippen LogP contribution in [0, 0.1) is 6.92 Å². The SMILES string of the molecule is Cc1ccc(COc2cccc(/C=N/NC(=O)C(=O)Nc3ccc(C(N)=O)cc3)c2)cc1. The molecular formula is C24H22N4O4. The van der Waals surface area contributed by atoms with Crippen LogP contribution in [0.4, 0.5) is 5.69 Å². The van der Waals surface area contributed by atoms with Gasteiger partial charge in [0.1, 0.15) is 12.4 Å². The van der Waals surface area contributed by atoms with E-state index in [1.54, 1.807) is 18.2 Å². The maximum absolute atomic E-state index is 12.0. The standard InChI is InChI=1S/C24H22N4O4/c1-16-5-7-17(8-6-16)15-32-21-4-2-3-18(13-21)14-26-28-24(31)23(30)27-20-11-9-19(10-12-20)22(25)29/h2-14H,15H2,1H3,(H2,25,29)(H,27,30)(H,28,31)/b26-14+. The molecule has 3 aromatic rings. The number of anilines is 1. The minimum atomic E-state index is -0.938. The molecule has 162 valence electrons. The van der Waals surface area contributed by atoms with Crippen LogP contribution in [0.3, 0.4) is 0 Å². The number of primary amides is 1. The van der Waals surface area contributed by atoms with Gasteiger partial charge >= 0.3 is 11.8 Å². The maximum atomic E-state index is 12.0. The Morgan fingerprint density at radius 2 is 1.69 bits per heavy atom. The number of nitrogens with one attached hydrogen (secondary N) is 2. The van der Waals surface area contributed by atoms with E-state index in [0.29, 0.717) is 29.2 Å². The van der Waals surface area contributed by atoms with E-state index in [9.17, 15) is 14.4 Å². The van der Waals surface area contributed by atoms with E-state index in [-0.39, 0.29) is 0 Å². The third-order valence-corrected chi connectivity index (χ3v) is 4.40. The number of carbonyl (C=O) groups excluding carboxylic acids is 3. The molecule has 0 bridgehead atoms. The lowest BCUT2D eigenvalue weighted by atomic mass is 10.2. The number of carbonyl (C=O) groups is 3. The summed E-state index contributed by atoms with van der Waals surface area (Å²) in [5.41, 5.74) is 10.9. The molecule has 0 aliphatic heterocycles. The number of amides is 3. The Bertz CT molecular complexity index is 1140. The van der Waals surface area contributed by atoms with Crippen molar-refractivity contribution in [1.29, 1.82) is 0 Å². The summed E-state index contributed by atoms with van der Waals surface area (Å²) in [5, 5.41) is 6.21. The molecule has 8 heteroatoms. The molecule has 0 atom stereocenters. The number of rotatable bonds is 7. The first-order chi connectivity index (χ1) is 15.4. The first kappa shape index (κ1) is 22.2. The van der Waals surface area contributed by atoms with Crippen LogP contribution in [0.25, 0.3) is 0 Å². The Balaban J connectivity index is 1.50. The number of benzene rings is 3. The number of aryl methyl sites for hydroxylation is 1. The highest BCUT2D eigenvalue weighted by Crippen LogP contribution is 2.15. The molecule has 0 aromatic heterocycles. The van der Waals surface area contributed by atoms with Crippen LogP contribution in [0.2, 0.25) is 0 Å². The van der Waals surface area contributed by atoms with E-state index >= 15 is 0 Å². The van der Waals surface area contributed by atoms with E-state index in [2.05, 4.69) is 15.8 Å². The molecule has 3 amide bonds. The van der Waals surface area contributed by atoms with E-state index < -0.39 is 17.7 Å². The van der Waals surface area contributed by atoms with Gasteiger partial charge in [-0.1, -0.05) is 42.0 Å². The largest absolute Gasteiger partial charge is 0.489 e. The molecule has 0 aliphatic rings. The minimum Gasteiger partial charge on any atom is -0.489 e. The second-order valence-corrected chi connectivity index (χ2v) is 6.94. The Kier molecular flexibility index (Phi) is 7.32. The van der Waals surface area contributed by atoms with Crippen LogP contribution < -0.4 is 21.2 Å². The molecule has 0 radical (unpaired) electrons. The van der Waals surface area contributed by atoms with Crippen LogP contribution in [0.15, 0.2) is 77.9 Å². The quantitative estimate of drug-likeness (QED) is 0.303. The van der Waals surface area contributed by atoms with Crippen molar-refractivity contribution in [3.05, 3.63) is 95.1 Å². The summed E-state index contributed by atoms with van der Waals surface area (Å²) in [4.78, 5) is 34.9. The van der Waals surface area contributed by atoms with Crippen LogP contribution in [0.1, 0.15) is 27.0 Å². The van der Waals surface area contributed by atoms with Gasteiger partial charge in [0.15, 0.2) is 0 Å². The van der Waals surface area contributed by atoms with Crippen LogP contribution in [0.5, 0.6) is 5.75 Å². The molecule has 0 fully saturated rings. The molecule has 0 aliphatic carbocycles. The average molecular weight is 430 g/mol. The van der Waals surface area contributed by atoms with Gasteiger partial charge < -0.3 is 15.8 Å². The molecule has 0 unspecified atom stereocenters. The molecule has 32 heavy (non-hydrogen) atoms. The summed E-state index contributed by atoms with van der Waals surface area (Å²) >= 11 is 0. The fourth-order valence-corrected chi connectivity index (χ4v) is 2.66. The van der Waals surface area contributed by atoms with Gasteiger partial charge in [-0.05, 0) is 54.4 Å². The fraction of sp³-hybridized carbons (Fsp3) is 0.0833. The second kappa shape index (κ2) is 10.5. The van der Waals surface area contributed by atoms with Gasteiger partial charge in [-0.3, -0.25) is 14.4 Å². The van der Waals surface area contributed by atoms with Crippen molar-refractivity contribution in [2.45, 2.75) is 13.5 Å². The van der Waals surface area contributed by atoms with Crippen LogP contribution in [-0.2, 0) is 16.2 Å². The van der Waals surface area contributed by atoms with Crippen molar-refractivity contribution in [2.75, 3.05) is 5.32 Å². The monoisotopic (exact) mass is 430 g/mol. The summed E-state index contributed by atoms with van der Waals surface area (Å²) in [5.74, 6) is -1.77. The fourth-order valence-electron chi connectivity index (χ4n) is 2.66. The Morgan fingerprint density at radius 3 is 2.38 bits per heavy atom. The van der Waals surface area contributed by atoms with E-state index in [0.717, 1.165) is 5.56 Å². The topological polar surface area (TPSA) is 123 Å². The third-order valence-electron chi connectivity index (χ3n) is 4.40. The van der Waals surface area contributed by atoms with Crippen molar-refractivity contribution in [3.8, 4) is 5.75 Å². The highest BCUT2D eigenvalue weighted by molar-refractivity contribution is 6.39. The predicted molar refractivity (Wildman–Crippen MR) is 121 cm³/mol. The van der Waals surface area contributed by atoms with E-state index in [1.165, 1.54) is 36.0 Å². The first-order valence-corrected chi connectivity index (χ1v) is 9.73. The zero-order valence-electron chi connectivity index (χ0n) is 17.4. The van der Waals surface area contributed by atoms with Crippen molar-refractivity contribution < 1.29 is 19.1 Å². The first-order valence-electron chi connectivity index (χ1n) is 9.73. The Labute approximate surface area is 185 Å². The molecule has 0 heterocycles. The molecular weight excluding hydrogens is 408 g/mol. The summed E-state index contributed by atoms with van der Waals surface area (Å²) in [6, 6.07) is 21.1. The van der Waals surface area contributed by atoms with Gasteiger partial charge in [0, 0.05) is 11.3 Å². The summed E-state index contributed by atoms with van der Waals surface area (Å²) < 4.78 is 5.79. The summed E-state index contributed by atoms with van der Waals surface area (Å²) in [7, 11) is 0. The number of ether oxygens (including phenoxy) is 1. The van der Waals surface area contributed by atoms with Crippen LogP contribution >= 0.6 is 0 Å². The lowest BCUT2D eigenvalue weighted by Crippen LogP contribution is -2.32. The molecule has 3 rings (SSSR count). The van der Waals surface area contributed by atoms with Gasteiger partial charge in [-0.25, -0.2) is 5.43 Å². The zero-order chi connectivity index (χ0) is 22.9. The van der Waals surface area contributed by atoms with E-state index in [4.69, 9.17) is 10.5 Å². The molecule has 8 nitrogen and oxygen atoms in total. The number of hydrogen-bond acceptors (Lipinski definition) is 5. The van der Waals surface area contributed by atoms with Gasteiger partial charge in [0.25, 0.3) is 0 Å². The minimum absolute atomic E-state index is 0.294. The number of hydrazone groups is 1. The van der Waals surface area contributed by atoms with Gasteiger partial charge in [-0.15, -0.1) is 0 Å². The lowest BCUT2D eigenvalue weighted by molar-refractivity contribution is -0.136.